The molecule has 2 rings (SSSR count). The van der Waals surface area contributed by atoms with Crippen molar-refractivity contribution in [1.82, 2.24) is 9.55 Å². The SMILES string of the molecule is CCn1ccnc1C(=O)c1cc(N)ccc1OC. The highest BCUT2D eigenvalue weighted by atomic mass is 16.5. The summed E-state index contributed by atoms with van der Waals surface area (Å²) in [6, 6.07) is 4.99. The number of rotatable bonds is 4. The number of imidazole rings is 1. The number of carbonyl (C=O) groups is 1. The van der Waals surface area contributed by atoms with E-state index in [0.717, 1.165) is 0 Å². The van der Waals surface area contributed by atoms with Gasteiger partial charge in [-0.3, -0.25) is 4.79 Å². The Kier molecular flexibility index (Phi) is 3.32. The third-order valence-corrected chi connectivity index (χ3v) is 2.73. The summed E-state index contributed by atoms with van der Waals surface area (Å²) in [4.78, 5) is 16.5. The lowest BCUT2D eigenvalue weighted by atomic mass is 10.1. The molecule has 0 radical (unpaired) electrons. The van der Waals surface area contributed by atoms with Gasteiger partial charge < -0.3 is 15.0 Å². The summed E-state index contributed by atoms with van der Waals surface area (Å²) in [7, 11) is 1.52. The van der Waals surface area contributed by atoms with Gasteiger partial charge in [-0.2, -0.15) is 0 Å². The molecule has 1 aromatic heterocycles. The van der Waals surface area contributed by atoms with E-state index in [1.165, 1.54) is 7.11 Å². The molecular weight excluding hydrogens is 230 g/mol. The normalized spacial score (nSPS) is 10.3. The zero-order chi connectivity index (χ0) is 13.1. The minimum atomic E-state index is -0.189. The lowest BCUT2D eigenvalue weighted by Gasteiger charge is -2.09. The Morgan fingerprint density at radius 2 is 2.28 bits per heavy atom. The van der Waals surface area contributed by atoms with E-state index in [-0.39, 0.29) is 5.78 Å². The molecule has 0 bridgehead atoms. The van der Waals surface area contributed by atoms with Crippen LogP contribution in [-0.4, -0.2) is 22.4 Å². The fraction of sp³-hybridized carbons (Fsp3) is 0.231. The Morgan fingerprint density at radius 3 is 2.94 bits per heavy atom. The lowest BCUT2D eigenvalue weighted by molar-refractivity contribution is 0.102. The van der Waals surface area contributed by atoms with Gasteiger partial charge in [0.1, 0.15) is 5.75 Å². The fourth-order valence-corrected chi connectivity index (χ4v) is 1.80. The maximum Gasteiger partial charge on any atom is 0.232 e. The number of aryl methyl sites for hydroxylation is 1. The van der Waals surface area contributed by atoms with Crippen LogP contribution in [-0.2, 0) is 6.54 Å². The zero-order valence-corrected chi connectivity index (χ0v) is 10.4. The Bertz CT molecular complexity index is 575. The molecule has 5 heteroatoms. The van der Waals surface area contributed by atoms with E-state index in [0.29, 0.717) is 29.4 Å². The second-order valence-corrected chi connectivity index (χ2v) is 3.83. The second kappa shape index (κ2) is 4.91. The van der Waals surface area contributed by atoms with Crippen LogP contribution < -0.4 is 10.5 Å². The first-order chi connectivity index (χ1) is 8.67. The van der Waals surface area contributed by atoms with E-state index in [4.69, 9.17) is 10.5 Å². The topological polar surface area (TPSA) is 70.1 Å². The number of anilines is 1. The smallest absolute Gasteiger partial charge is 0.232 e. The highest BCUT2D eigenvalue weighted by Gasteiger charge is 2.18. The summed E-state index contributed by atoms with van der Waals surface area (Å²) in [6.45, 7) is 2.64. The molecule has 0 saturated heterocycles. The number of ketones is 1. The molecule has 18 heavy (non-hydrogen) atoms. The Hall–Kier alpha value is -2.30. The minimum Gasteiger partial charge on any atom is -0.496 e. The summed E-state index contributed by atoms with van der Waals surface area (Å²) in [6.07, 6.45) is 3.38. The van der Waals surface area contributed by atoms with Crippen molar-refractivity contribution >= 4 is 11.5 Å². The van der Waals surface area contributed by atoms with Gasteiger partial charge in [-0.1, -0.05) is 0 Å². The van der Waals surface area contributed by atoms with Crippen LogP contribution in [0.15, 0.2) is 30.6 Å². The third kappa shape index (κ3) is 2.07. The van der Waals surface area contributed by atoms with E-state index in [2.05, 4.69) is 4.98 Å². The average Bonchev–Trinajstić information content (AvgIpc) is 2.86. The van der Waals surface area contributed by atoms with Gasteiger partial charge in [-0.05, 0) is 25.1 Å². The molecule has 1 heterocycles. The Morgan fingerprint density at radius 1 is 1.50 bits per heavy atom. The van der Waals surface area contributed by atoms with Crippen LogP contribution in [0.25, 0.3) is 0 Å². The van der Waals surface area contributed by atoms with Gasteiger partial charge in [-0.15, -0.1) is 0 Å². The number of nitrogen functional groups attached to an aromatic ring is 1. The van der Waals surface area contributed by atoms with Gasteiger partial charge >= 0.3 is 0 Å². The maximum absolute atomic E-state index is 12.4. The van der Waals surface area contributed by atoms with E-state index < -0.39 is 0 Å². The van der Waals surface area contributed by atoms with Gasteiger partial charge in [0.05, 0.1) is 12.7 Å². The van der Waals surface area contributed by atoms with Crippen LogP contribution in [0.2, 0.25) is 0 Å². The summed E-state index contributed by atoms with van der Waals surface area (Å²) in [5.74, 6) is 0.701. The van der Waals surface area contributed by atoms with Crippen LogP contribution in [0.1, 0.15) is 23.1 Å². The molecule has 0 amide bonds. The highest BCUT2D eigenvalue weighted by molar-refractivity contribution is 6.09. The molecule has 0 aliphatic rings. The van der Waals surface area contributed by atoms with Crippen molar-refractivity contribution in [2.45, 2.75) is 13.5 Å². The number of ether oxygens (including phenoxy) is 1. The van der Waals surface area contributed by atoms with Crippen molar-refractivity contribution in [3.8, 4) is 5.75 Å². The van der Waals surface area contributed by atoms with Crippen molar-refractivity contribution in [2.24, 2.45) is 0 Å². The first kappa shape index (κ1) is 12.2. The zero-order valence-electron chi connectivity index (χ0n) is 10.4. The molecule has 0 fully saturated rings. The standard InChI is InChI=1S/C13H15N3O2/c1-3-16-7-6-15-13(16)12(17)10-8-9(14)4-5-11(10)18-2/h4-8H,3,14H2,1-2H3. The van der Waals surface area contributed by atoms with Gasteiger partial charge in [0.25, 0.3) is 0 Å². The molecule has 0 unspecified atom stereocenters. The van der Waals surface area contributed by atoms with Crippen molar-refractivity contribution in [3.63, 3.8) is 0 Å². The largest absolute Gasteiger partial charge is 0.496 e. The molecule has 94 valence electrons. The molecule has 5 nitrogen and oxygen atoms in total. The van der Waals surface area contributed by atoms with E-state index >= 15 is 0 Å². The second-order valence-electron chi connectivity index (χ2n) is 3.83. The Balaban J connectivity index is 2.48. The first-order valence-electron chi connectivity index (χ1n) is 5.66. The number of benzene rings is 1. The molecular formula is C13H15N3O2. The third-order valence-electron chi connectivity index (χ3n) is 2.73. The van der Waals surface area contributed by atoms with Crippen LogP contribution in [0, 0.1) is 0 Å². The summed E-state index contributed by atoms with van der Waals surface area (Å²) in [5.41, 5.74) is 6.66. The number of hydrogen-bond donors (Lipinski definition) is 1. The number of hydrogen-bond acceptors (Lipinski definition) is 4. The van der Waals surface area contributed by atoms with Crippen LogP contribution in [0.3, 0.4) is 0 Å². The van der Waals surface area contributed by atoms with E-state index in [1.54, 1.807) is 35.2 Å². The fourth-order valence-electron chi connectivity index (χ4n) is 1.80. The van der Waals surface area contributed by atoms with Crippen molar-refractivity contribution < 1.29 is 9.53 Å². The lowest BCUT2D eigenvalue weighted by Crippen LogP contribution is -2.12. The first-order valence-corrected chi connectivity index (χ1v) is 5.66. The molecule has 0 aliphatic carbocycles. The summed E-state index contributed by atoms with van der Waals surface area (Å²) >= 11 is 0. The van der Waals surface area contributed by atoms with Gasteiger partial charge in [0.15, 0.2) is 5.82 Å². The highest BCUT2D eigenvalue weighted by Crippen LogP contribution is 2.23. The molecule has 0 atom stereocenters. The number of aromatic nitrogens is 2. The minimum absolute atomic E-state index is 0.189. The molecule has 0 spiro atoms. The molecule has 1 aromatic carbocycles. The van der Waals surface area contributed by atoms with Crippen molar-refractivity contribution in [3.05, 3.63) is 42.0 Å². The molecule has 2 N–H and O–H groups in total. The Labute approximate surface area is 105 Å². The van der Waals surface area contributed by atoms with Gasteiger partial charge in [0, 0.05) is 24.6 Å². The van der Waals surface area contributed by atoms with Gasteiger partial charge in [-0.25, -0.2) is 4.98 Å². The van der Waals surface area contributed by atoms with Crippen molar-refractivity contribution in [1.29, 1.82) is 0 Å². The van der Waals surface area contributed by atoms with E-state index in [9.17, 15) is 4.79 Å². The summed E-state index contributed by atoms with van der Waals surface area (Å²) in [5, 5.41) is 0. The predicted octanol–water partition coefficient (Wildman–Crippen LogP) is 1.72. The predicted molar refractivity (Wildman–Crippen MR) is 68.7 cm³/mol. The van der Waals surface area contributed by atoms with Crippen LogP contribution >= 0.6 is 0 Å². The van der Waals surface area contributed by atoms with Crippen LogP contribution in [0.4, 0.5) is 5.69 Å². The van der Waals surface area contributed by atoms with Gasteiger partial charge in [0.2, 0.25) is 5.78 Å². The van der Waals surface area contributed by atoms with Crippen LogP contribution in [0.5, 0.6) is 5.75 Å². The number of carbonyl (C=O) groups excluding carboxylic acids is 1. The van der Waals surface area contributed by atoms with E-state index in [1.807, 2.05) is 6.92 Å². The van der Waals surface area contributed by atoms with Crippen molar-refractivity contribution in [2.75, 3.05) is 12.8 Å². The molecule has 0 aliphatic heterocycles. The average molecular weight is 245 g/mol. The molecule has 2 aromatic rings. The number of methoxy groups -OCH3 is 1. The quantitative estimate of drug-likeness (QED) is 0.657. The maximum atomic E-state index is 12.4. The summed E-state index contributed by atoms with van der Waals surface area (Å²) < 4.78 is 6.96. The number of nitrogens with zero attached hydrogens (tertiary/aromatic N) is 2. The molecule has 0 saturated carbocycles. The monoisotopic (exact) mass is 245 g/mol. The number of nitrogens with two attached hydrogens (primary N) is 1.